The molecule has 10 heteroatoms. The van der Waals surface area contributed by atoms with Crippen LogP contribution in [0.1, 0.15) is 42.2 Å². The molecule has 40 heavy (non-hydrogen) atoms. The summed E-state index contributed by atoms with van der Waals surface area (Å²) in [5.74, 6) is 1.08. The second-order valence-electron chi connectivity index (χ2n) is 9.80. The number of nitriles is 2. The summed E-state index contributed by atoms with van der Waals surface area (Å²) >= 11 is 13.9. The van der Waals surface area contributed by atoms with Crippen LogP contribution in [0, 0.1) is 22.7 Å². The molecule has 1 aliphatic rings. The third-order valence-corrected chi connectivity index (χ3v) is 8.88. The number of benzene rings is 2. The van der Waals surface area contributed by atoms with Crippen LogP contribution in [0.5, 0.6) is 0 Å². The third-order valence-electron chi connectivity index (χ3n) is 7.13. The van der Waals surface area contributed by atoms with E-state index in [4.69, 9.17) is 43.2 Å². The van der Waals surface area contributed by atoms with Gasteiger partial charge in [-0.1, -0.05) is 46.6 Å². The van der Waals surface area contributed by atoms with Crippen molar-refractivity contribution in [2.45, 2.75) is 38.1 Å². The van der Waals surface area contributed by atoms with Crippen molar-refractivity contribution in [2.75, 3.05) is 31.1 Å². The predicted molar refractivity (Wildman–Crippen MR) is 159 cm³/mol. The van der Waals surface area contributed by atoms with Gasteiger partial charge in [0, 0.05) is 48.2 Å². The summed E-state index contributed by atoms with van der Waals surface area (Å²) in [5, 5.41) is 26.3. The van der Waals surface area contributed by atoms with Crippen LogP contribution in [0.2, 0.25) is 10.0 Å². The van der Waals surface area contributed by atoms with Crippen molar-refractivity contribution in [3.63, 3.8) is 0 Å². The lowest BCUT2D eigenvalue weighted by molar-refractivity contribution is 0.204. The Morgan fingerprint density at radius 3 is 2.35 bits per heavy atom. The molecule has 0 amide bonds. The Kier molecular flexibility index (Phi) is 9.36. The van der Waals surface area contributed by atoms with E-state index >= 15 is 0 Å². The fraction of sp³-hybridized carbons (Fsp3) is 0.333. The molecule has 0 radical (unpaired) electrons. The Hall–Kier alpha value is -3.40. The smallest absolute Gasteiger partial charge is 0.186 e. The normalized spacial score (nSPS) is 14.1. The minimum Gasteiger partial charge on any atom is -0.369 e. The zero-order chi connectivity index (χ0) is 27.9. The zero-order valence-electron chi connectivity index (χ0n) is 21.9. The summed E-state index contributed by atoms with van der Waals surface area (Å²) in [7, 11) is 0. The maximum Gasteiger partial charge on any atom is 0.186 e. The lowest BCUT2D eigenvalue weighted by Gasteiger charge is -2.31. The van der Waals surface area contributed by atoms with E-state index in [9.17, 15) is 0 Å². The van der Waals surface area contributed by atoms with Crippen LogP contribution in [0.25, 0.3) is 22.7 Å². The van der Waals surface area contributed by atoms with E-state index in [1.165, 1.54) is 5.56 Å². The number of nitrogens with zero attached hydrogens (tertiary/aromatic N) is 6. The first-order chi connectivity index (χ1) is 19.5. The van der Waals surface area contributed by atoms with Gasteiger partial charge in [0.05, 0.1) is 40.0 Å². The SMILES string of the molecule is N#CCCN(CCC#N)c1ccc(CN2CCC(c3nc(-c4cc(-c5ccc(Cl)c(Cl)c5)no4)cs3)CC2)cc1. The van der Waals surface area contributed by atoms with Crippen LogP contribution < -0.4 is 4.90 Å². The molecule has 2 aromatic heterocycles. The van der Waals surface area contributed by atoms with E-state index in [0.717, 1.165) is 54.4 Å². The van der Waals surface area contributed by atoms with Crippen LogP contribution >= 0.6 is 34.5 Å². The average molecular weight is 592 g/mol. The lowest BCUT2D eigenvalue weighted by Crippen LogP contribution is -2.32. The maximum absolute atomic E-state index is 8.95. The first-order valence-electron chi connectivity index (χ1n) is 13.2. The number of piperidine rings is 1. The van der Waals surface area contributed by atoms with Crippen molar-refractivity contribution in [3.05, 3.63) is 74.5 Å². The van der Waals surface area contributed by atoms with E-state index in [1.807, 2.05) is 17.5 Å². The quantitative estimate of drug-likeness (QED) is 0.186. The zero-order valence-corrected chi connectivity index (χ0v) is 24.2. The molecule has 0 spiro atoms. The Morgan fingerprint density at radius 1 is 0.950 bits per heavy atom. The van der Waals surface area contributed by atoms with Crippen molar-refractivity contribution in [1.29, 1.82) is 10.5 Å². The molecule has 0 saturated carbocycles. The number of halogens is 2. The standard InChI is InChI=1S/C30H28Cl2N6OS/c31-25-8-5-23(17-26(25)32)27-18-29(39-36-27)28-20-40-30(35-28)22-9-15-37(16-10-22)19-21-3-6-24(7-4-21)38(13-1-11-33)14-2-12-34/h3-8,17-18,20,22H,1-2,9-10,13-16,19H2. The first kappa shape index (κ1) is 28.1. The molecular formula is C30H28Cl2N6OS. The van der Waals surface area contributed by atoms with E-state index in [0.29, 0.717) is 53.3 Å². The summed E-state index contributed by atoms with van der Waals surface area (Å²) in [6.45, 7) is 4.21. The molecule has 4 aromatic rings. The van der Waals surface area contributed by atoms with Crippen LogP contribution in [-0.4, -0.2) is 41.2 Å². The van der Waals surface area contributed by atoms with Crippen molar-refractivity contribution < 1.29 is 4.52 Å². The Balaban J connectivity index is 1.15. The van der Waals surface area contributed by atoms with Gasteiger partial charge in [-0.3, -0.25) is 4.90 Å². The number of hydrogen-bond donors (Lipinski definition) is 0. The Morgan fingerprint density at radius 2 is 1.68 bits per heavy atom. The van der Waals surface area contributed by atoms with Crippen molar-refractivity contribution >= 4 is 40.2 Å². The third kappa shape index (κ3) is 6.83. The number of rotatable bonds is 10. The molecule has 2 aromatic carbocycles. The molecule has 0 bridgehead atoms. The minimum atomic E-state index is 0.434. The molecule has 1 fully saturated rings. The number of anilines is 1. The van der Waals surface area contributed by atoms with E-state index < -0.39 is 0 Å². The van der Waals surface area contributed by atoms with Gasteiger partial charge in [-0.15, -0.1) is 11.3 Å². The van der Waals surface area contributed by atoms with Gasteiger partial charge in [0.2, 0.25) is 0 Å². The monoisotopic (exact) mass is 590 g/mol. The van der Waals surface area contributed by atoms with Gasteiger partial charge >= 0.3 is 0 Å². The van der Waals surface area contributed by atoms with Gasteiger partial charge in [0.1, 0.15) is 11.4 Å². The highest BCUT2D eigenvalue weighted by molar-refractivity contribution is 7.10. The molecule has 0 aliphatic carbocycles. The molecule has 204 valence electrons. The van der Waals surface area contributed by atoms with Gasteiger partial charge in [-0.2, -0.15) is 10.5 Å². The Labute approximate surface area is 248 Å². The molecular weight excluding hydrogens is 563 g/mol. The van der Waals surface area contributed by atoms with Crippen LogP contribution in [0.4, 0.5) is 5.69 Å². The van der Waals surface area contributed by atoms with Gasteiger partial charge in [0.15, 0.2) is 5.76 Å². The van der Waals surface area contributed by atoms with Gasteiger partial charge in [-0.25, -0.2) is 4.98 Å². The highest BCUT2D eigenvalue weighted by Crippen LogP contribution is 2.35. The Bertz CT molecular complexity index is 1490. The highest BCUT2D eigenvalue weighted by atomic mass is 35.5. The minimum absolute atomic E-state index is 0.434. The average Bonchev–Trinajstić information content (AvgIpc) is 3.66. The van der Waals surface area contributed by atoms with Crippen LogP contribution in [-0.2, 0) is 6.54 Å². The molecule has 0 unspecified atom stereocenters. The van der Waals surface area contributed by atoms with Gasteiger partial charge in [-0.05, 0) is 55.8 Å². The summed E-state index contributed by atoms with van der Waals surface area (Å²) in [4.78, 5) is 9.49. The summed E-state index contributed by atoms with van der Waals surface area (Å²) in [5.41, 5.74) is 4.67. The fourth-order valence-corrected chi connectivity index (χ4v) is 6.20. The highest BCUT2D eigenvalue weighted by Gasteiger charge is 2.24. The lowest BCUT2D eigenvalue weighted by atomic mass is 9.97. The molecule has 0 atom stereocenters. The maximum atomic E-state index is 8.95. The van der Waals surface area contributed by atoms with Crippen molar-refractivity contribution in [2.24, 2.45) is 0 Å². The summed E-state index contributed by atoms with van der Waals surface area (Å²) in [6.07, 6.45) is 3.01. The molecule has 5 rings (SSSR count). The fourth-order valence-electron chi connectivity index (χ4n) is 4.92. The van der Waals surface area contributed by atoms with Gasteiger partial charge in [0.25, 0.3) is 0 Å². The van der Waals surface area contributed by atoms with Crippen molar-refractivity contribution in [1.82, 2.24) is 15.0 Å². The van der Waals surface area contributed by atoms with Crippen LogP contribution in [0.3, 0.4) is 0 Å². The molecule has 7 nitrogen and oxygen atoms in total. The number of aromatic nitrogens is 2. The number of thiazole rings is 1. The number of likely N-dealkylation sites (tertiary alicyclic amines) is 1. The first-order valence-corrected chi connectivity index (χ1v) is 14.9. The van der Waals surface area contributed by atoms with E-state index in [2.05, 4.69) is 51.4 Å². The molecule has 1 saturated heterocycles. The second kappa shape index (κ2) is 13.3. The molecule has 0 N–H and O–H groups in total. The molecule has 1 aliphatic heterocycles. The molecule has 3 heterocycles. The predicted octanol–water partition coefficient (Wildman–Crippen LogP) is 7.79. The second-order valence-corrected chi connectivity index (χ2v) is 11.5. The largest absolute Gasteiger partial charge is 0.369 e. The van der Waals surface area contributed by atoms with Crippen molar-refractivity contribution in [3.8, 4) is 34.8 Å². The number of hydrogen-bond acceptors (Lipinski definition) is 8. The van der Waals surface area contributed by atoms with Gasteiger partial charge < -0.3 is 9.42 Å². The van der Waals surface area contributed by atoms with E-state index in [-0.39, 0.29) is 0 Å². The summed E-state index contributed by atoms with van der Waals surface area (Å²) < 4.78 is 5.60. The van der Waals surface area contributed by atoms with Crippen LogP contribution in [0.15, 0.2) is 58.4 Å². The van der Waals surface area contributed by atoms with E-state index in [1.54, 1.807) is 23.5 Å². The topological polar surface area (TPSA) is 93.0 Å². The summed E-state index contributed by atoms with van der Waals surface area (Å²) in [6, 6.07) is 20.2.